The smallest absolute Gasteiger partial charge is 0.338 e. The molecule has 0 radical (unpaired) electrons. The molecule has 0 saturated heterocycles. The second-order valence-electron chi connectivity index (χ2n) is 6.73. The summed E-state index contributed by atoms with van der Waals surface area (Å²) in [6.07, 6.45) is 3.55. The highest BCUT2D eigenvalue weighted by atomic mass is 16.5. The van der Waals surface area contributed by atoms with Gasteiger partial charge in [-0.25, -0.2) is 14.8 Å². The molecule has 0 atom stereocenters. The van der Waals surface area contributed by atoms with E-state index in [1.807, 2.05) is 30.3 Å². The Morgan fingerprint density at radius 3 is 2.74 bits per heavy atom. The van der Waals surface area contributed by atoms with Crippen LogP contribution >= 0.6 is 0 Å². The van der Waals surface area contributed by atoms with E-state index < -0.39 is 0 Å². The van der Waals surface area contributed by atoms with Gasteiger partial charge in [0.15, 0.2) is 0 Å². The first-order valence-corrected chi connectivity index (χ1v) is 8.73. The Morgan fingerprint density at radius 2 is 2.00 bits per heavy atom. The standard InChI is InChI=1S/C21H20N4O2/c1-12(2)25-10-17(18-19(22)23-11-24-20(18)25)14-7-8-15-13(9-14)5-4-6-16(15)21(26)27-3/h4-12H,1-3H3,(H2,22,23,24). The SMILES string of the molecule is COC(=O)c1cccc2cc(-c3cn(C(C)C)c4ncnc(N)c34)ccc12. The van der Waals surface area contributed by atoms with E-state index in [1.54, 1.807) is 6.07 Å². The average molecular weight is 360 g/mol. The van der Waals surface area contributed by atoms with Crippen LogP contribution in [-0.2, 0) is 4.74 Å². The number of ether oxygens (including phenoxy) is 1. The minimum absolute atomic E-state index is 0.238. The fraction of sp³-hybridized carbons (Fsp3) is 0.190. The lowest BCUT2D eigenvalue weighted by atomic mass is 9.98. The highest BCUT2D eigenvalue weighted by molar-refractivity contribution is 6.07. The summed E-state index contributed by atoms with van der Waals surface area (Å²) in [5.41, 5.74) is 9.51. The first kappa shape index (κ1) is 17.0. The van der Waals surface area contributed by atoms with Crippen molar-refractivity contribution in [1.82, 2.24) is 14.5 Å². The Kier molecular flexibility index (Phi) is 4.03. The van der Waals surface area contributed by atoms with Gasteiger partial charge in [-0.15, -0.1) is 0 Å². The summed E-state index contributed by atoms with van der Waals surface area (Å²) < 4.78 is 6.98. The maximum atomic E-state index is 12.0. The lowest BCUT2D eigenvalue weighted by Crippen LogP contribution is -2.01. The molecule has 136 valence electrons. The van der Waals surface area contributed by atoms with Crippen molar-refractivity contribution in [3.05, 3.63) is 54.5 Å². The summed E-state index contributed by atoms with van der Waals surface area (Å²) in [5.74, 6) is 0.111. The van der Waals surface area contributed by atoms with Gasteiger partial charge in [-0.2, -0.15) is 0 Å². The van der Waals surface area contributed by atoms with E-state index in [0.29, 0.717) is 11.4 Å². The highest BCUT2D eigenvalue weighted by Crippen LogP contribution is 2.35. The topological polar surface area (TPSA) is 83.0 Å². The Bertz CT molecular complexity index is 1180. The number of carbonyl (C=O) groups excluding carboxylic acids is 1. The number of aromatic nitrogens is 3. The van der Waals surface area contributed by atoms with Crippen molar-refractivity contribution < 1.29 is 9.53 Å². The van der Waals surface area contributed by atoms with Crippen molar-refractivity contribution in [2.45, 2.75) is 19.9 Å². The van der Waals surface area contributed by atoms with Crippen molar-refractivity contribution in [2.75, 3.05) is 12.8 Å². The molecule has 4 rings (SSSR count). The van der Waals surface area contributed by atoms with Gasteiger partial charge in [0, 0.05) is 17.8 Å². The second-order valence-corrected chi connectivity index (χ2v) is 6.73. The van der Waals surface area contributed by atoms with E-state index >= 15 is 0 Å². The van der Waals surface area contributed by atoms with Crippen LogP contribution in [0.3, 0.4) is 0 Å². The molecular weight excluding hydrogens is 340 g/mol. The van der Waals surface area contributed by atoms with E-state index in [9.17, 15) is 4.79 Å². The molecule has 0 aliphatic carbocycles. The third-order valence-electron chi connectivity index (χ3n) is 4.79. The Hall–Kier alpha value is -3.41. The van der Waals surface area contributed by atoms with Crippen LogP contribution in [0.5, 0.6) is 0 Å². The second kappa shape index (κ2) is 6.39. The van der Waals surface area contributed by atoms with Gasteiger partial charge in [0.2, 0.25) is 0 Å². The van der Waals surface area contributed by atoms with E-state index in [-0.39, 0.29) is 12.0 Å². The van der Waals surface area contributed by atoms with Crippen LogP contribution < -0.4 is 5.73 Å². The molecule has 0 bridgehead atoms. The number of hydrogen-bond donors (Lipinski definition) is 1. The van der Waals surface area contributed by atoms with Gasteiger partial charge in [0.25, 0.3) is 0 Å². The number of carbonyl (C=O) groups is 1. The molecule has 2 aromatic carbocycles. The van der Waals surface area contributed by atoms with Crippen molar-refractivity contribution in [3.63, 3.8) is 0 Å². The van der Waals surface area contributed by atoms with Crippen molar-refractivity contribution in [1.29, 1.82) is 0 Å². The number of benzene rings is 2. The Morgan fingerprint density at radius 1 is 1.19 bits per heavy atom. The zero-order valence-corrected chi connectivity index (χ0v) is 15.4. The van der Waals surface area contributed by atoms with Crippen LogP contribution in [-0.4, -0.2) is 27.6 Å². The van der Waals surface area contributed by atoms with E-state index in [0.717, 1.165) is 32.9 Å². The average Bonchev–Trinajstić information content (AvgIpc) is 3.08. The molecule has 4 aromatic rings. The molecule has 0 aliphatic rings. The van der Waals surface area contributed by atoms with Gasteiger partial charge in [-0.3, -0.25) is 0 Å². The zero-order chi connectivity index (χ0) is 19.1. The maximum Gasteiger partial charge on any atom is 0.338 e. The number of hydrogen-bond acceptors (Lipinski definition) is 5. The number of methoxy groups -OCH3 is 1. The third kappa shape index (κ3) is 2.70. The van der Waals surface area contributed by atoms with Gasteiger partial charge < -0.3 is 15.0 Å². The Balaban J connectivity index is 1.97. The first-order valence-electron chi connectivity index (χ1n) is 8.73. The monoisotopic (exact) mass is 360 g/mol. The van der Waals surface area contributed by atoms with Gasteiger partial charge in [-0.1, -0.05) is 24.3 Å². The minimum atomic E-state index is -0.345. The van der Waals surface area contributed by atoms with Crippen LogP contribution in [0, 0.1) is 0 Å². The van der Waals surface area contributed by atoms with Crippen molar-refractivity contribution in [3.8, 4) is 11.1 Å². The first-order chi connectivity index (χ1) is 13.0. The van der Waals surface area contributed by atoms with Crippen LogP contribution in [0.15, 0.2) is 48.9 Å². The molecule has 6 heteroatoms. The molecule has 0 fully saturated rings. The van der Waals surface area contributed by atoms with E-state index in [1.165, 1.54) is 13.4 Å². The lowest BCUT2D eigenvalue weighted by molar-refractivity contribution is 0.0603. The Labute approximate surface area is 156 Å². The fourth-order valence-corrected chi connectivity index (χ4v) is 3.46. The molecule has 2 aromatic heterocycles. The number of nitrogens with zero attached hydrogens (tertiary/aromatic N) is 3. The summed E-state index contributed by atoms with van der Waals surface area (Å²) in [6.45, 7) is 4.20. The highest BCUT2D eigenvalue weighted by Gasteiger charge is 2.17. The van der Waals surface area contributed by atoms with Crippen LogP contribution in [0.1, 0.15) is 30.2 Å². The molecule has 2 N–H and O–H groups in total. The largest absolute Gasteiger partial charge is 0.465 e. The van der Waals surface area contributed by atoms with Crippen molar-refractivity contribution in [2.24, 2.45) is 0 Å². The summed E-state index contributed by atoms with van der Waals surface area (Å²) in [6, 6.07) is 11.8. The molecule has 2 heterocycles. The third-order valence-corrected chi connectivity index (χ3v) is 4.79. The van der Waals surface area contributed by atoms with Crippen LogP contribution in [0.4, 0.5) is 5.82 Å². The normalized spacial score (nSPS) is 11.4. The fourth-order valence-electron chi connectivity index (χ4n) is 3.46. The van der Waals surface area contributed by atoms with Crippen molar-refractivity contribution >= 4 is 33.6 Å². The number of nitrogen functional groups attached to an aromatic ring is 1. The van der Waals surface area contributed by atoms with Crippen LogP contribution in [0.2, 0.25) is 0 Å². The number of nitrogens with two attached hydrogens (primary N) is 1. The zero-order valence-electron chi connectivity index (χ0n) is 15.4. The molecule has 0 spiro atoms. The molecule has 0 saturated carbocycles. The number of anilines is 1. The molecular formula is C21H20N4O2. The van der Waals surface area contributed by atoms with E-state index in [4.69, 9.17) is 10.5 Å². The number of rotatable bonds is 3. The quantitative estimate of drug-likeness (QED) is 0.554. The van der Waals surface area contributed by atoms with E-state index in [2.05, 4.69) is 34.6 Å². The number of esters is 1. The predicted octanol–water partition coefficient (Wildman–Crippen LogP) is 4.20. The lowest BCUT2D eigenvalue weighted by Gasteiger charge is -2.08. The van der Waals surface area contributed by atoms with Gasteiger partial charge >= 0.3 is 5.97 Å². The molecule has 6 nitrogen and oxygen atoms in total. The number of fused-ring (bicyclic) bond motifs is 2. The minimum Gasteiger partial charge on any atom is -0.465 e. The van der Waals surface area contributed by atoms with Gasteiger partial charge in [-0.05, 0) is 42.3 Å². The molecule has 27 heavy (non-hydrogen) atoms. The molecule has 0 amide bonds. The molecule has 0 unspecified atom stereocenters. The summed E-state index contributed by atoms with van der Waals surface area (Å²) in [5, 5.41) is 2.65. The summed E-state index contributed by atoms with van der Waals surface area (Å²) in [4.78, 5) is 20.6. The summed E-state index contributed by atoms with van der Waals surface area (Å²) >= 11 is 0. The van der Waals surface area contributed by atoms with Gasteiger partial charge in [0.1, 0.15) is 17.8 Å². The summed E-state index contributed by atoms with van der Waals surface area (Å²) in [7, 11) is 1.39. The predicted molar refractivity (Wildman–Crippen MR) is 107 cm³/mol. The van der Waals surface area contributed by atoms with Gasteiger partial charge in [0.05, 0.1) is 18.1 Å². The maximum absolute atomic E-state index is 12.0. The van der Waals surface area contributed by atoms with Crippen LogP contribution in [0.25, 0.3) is 32.9 Å². The molecule has 0 aliphatic heterocycles.